The van der Waals surface area contributed by atoms with E-state index in [0.29, 0.717) is 12.0 Å². The fourth-order valence-electron chi connectivity index (χ4n) is 1.85. The Balaban J connectivity index is 2.20. The van der Waals surface area contributed by atoms with E-state index in [4.69, 9.17) is 4.74 Å². The number of hydrogen-bond acceptors (Lipinski definition) is 5. The predicted molar refractivity (Wildman–Crippen MR) is 63.8 cm³/mol. The van der Waals surface area contributed by atoms with Crippen molar-refractivity contribution in [2.75, 3.05) is 30.4 Å². The van der Waals surface area contributed by atoms with Crippen LogP contribution in [0.4, 0.5) is 11.8 Å². The zero-order valence-corrected chi connectivity index (χ0v) is 9.97. The largest absolute Gasteiger partial charge is 0.375 e. The molecule has 1 aliphatic heterocycles. The van der Waals surface area contributed by atoms with Crippen LogP contribution in [0.2, 0.25) is 0 Å². The summed E-state index contributed by atoms with van der Waals surface area (Å²) >= 11 is 0. The van der Waals surface area contributed by atoms with Gasteiger partial charge in [-0.15, -0.1) is 0 Å². The number of ether oxygens (including phenoxy) is 1. The molecular formula is C11H18N4O. The van der Waals surface area contributed by atoms with Crippen molar-refractivity contribution in [1.82, 2.24) is 9.97 Å². The van der Waals surface area contributed by atoms with Gasteiger partial charge < -0.3 is 15.0 Å². The van der Waals surface area contributed by atoms with E-state index < -0.39 is 0 Å². The van der Waals surface area contributed by atoms with Crippen LogP contribution >= 0.6 is 0 Å². The average Bonchev–Trinajstić information content (AvgIpc) is 2.32. The van der Waals surface area contributed by atoms with Gasteiger partial charge in [0, 0.05) is 19.8 Å². The van der Waals surface area contributed by atoms with E-state index in [0.717, 1.165) is 19.0 Å². The summed E-state index contributed by atoms with van der Waals surface area (Å²) in [6, 6.07) is 2.30. The molecule has 1 fully saturated rings. The lowest BCUT2D eigenvalue weighted by atomic mass is 10.2. The minimum absolute atomic E-state index is 0.254. The van der Waals surface area contributed by atoms with Crippen molar-refractivity contribution >= 4 is 11.8 Å². The molecule has 5 heteroatoms. The molecule has 1 aromatic heterocycles. The van der Waals surface area contributed by atoms with Gasteiger partial charge in [-0.05, 0) is 19.9 Å². The summed E-state index contributed by atoms with van der Waals surface area (Å²) in [6.07, 6.45) is 2.03. The van der Waals surface area contributed by atoms with Crippen molar-refractivity contribution in [2.45, 2.75) is 26.0 Å². The highest BCUT2D eigenvalue weighted by atomic mass is 16.5. The molecule has 2 rings (SSSR count). The summed E-state index contributed by atoms with van der Waals surface area (Å²) in [5.74, 6) is 1.62. The van der Waals surface area contributed by atoms with Gasteiger partial charge in [-0.3, -0.25) is 0 Å². The molecule has 1 aliphatic rings. The number of rotatable bonds is 2. The molecule has 1 saturated heterocycles. The zero-order valence-electron chi connectivity index (χ0n) is 9.97. The Labute approximate surface area is 95.8 Å². The quantitative estimate of drug-likeness (QED) is 0.813. The molecule has 1 N–H and O–H groups in total. The van der Waals surface area contributed by atoms with E-state index in [9.17, 15) is 0 Å². The van der Waals surface area contributed by atoms with E-state index in [1.165, 1.54) is 0 Å². The van der Waals surface area contributed by atoms with Gasteiger partial charge in [0.1, 0.15) is 5.82 Å². The van der Waals surface area contributed by atoms with Crippen LogP contribution in [-0.2, 0) is 4.74 Å². The minimum atomic E-state index is 0.254. The van der Waals surface area contributed by atoms with Gasteiger partial charge in [0.2, 0.25) is 5.95 Å². The van der Waals surface area contributed by atoms with Crippen molar-refractivity contribution in [2.24, 2.45) is 0 Å². The van der Waals surface area contributed by atoms with E-state index in [1.54, 1.807) is 6.20 Å². The summed E-state index contributed by atoms with van der Waals surface area (Å²) in [5, 5.41) is 2.95. The molecule has 0 bridgehead atoms. The molecule has 0 saturated carbocycles. The van der Waals surface area contributed by atoms with Crippen LogP contribution < -0.4 is 10.2 Å². The third-order valence-electron chi connectivity index (χ3n) is 2.77. The maximum atomic E-state index is 5.60. The van der Waals surface area contributed by atoms with Crippen molar-refractivity contribution in [3.8, 4) is 0 Å². The first-order valence-corrected chi connectivity index (χ1v) is 5.59. The Hall–Kier alpha value is -1.36. The second-order valence-corrected chi connectivity index (χ2v) is 4.13. The second-order valence-electron chi connectivity index (χ2n) is 4.13. The average molecular weight is 222 g/mol. The third-order valence-corrected chi connectivity index (χ3v) is 2.77. The van der Waals surface area contributed by atoms with Gasteiger partial charge in [0.25, 0.3) is 0 Å². The molecular weight excluding hydrogens is 204 g/mol. The molecule has 1 aromatic rings. The number of hydrogen-bond donors (Lipinski definition) is 1. The van der Waals surface area contributed by atoms with Crippen LogP contribution in [0.1, 0.15) is 13.8 Å². The number of anilines is 2. The first-order chi connectivity index (χ1) is 7.70. The molecule has 0 aromatic carbocycles. The molecule has 5 nitrogen and oxygen atoms in total. The maximum Gasteiger partial charge on any atom is 0.224 e. The molecule has 2 heterocycles. The Morgan fingerprint density at radius 2 is 2.31 bits per heavy atom. The van der Waals surface area contributed by atoms with Crippen LogP contribution in [0.15, 0.2) is 12.3 Å². The number of nitrogens with one attached hydrogen (secondary N) is 1. The van der Waals surface area contributed by atoms with Gasteiger partial charge in [0.15, 0.2) is 0 Å². The van der Waals surface area contributed by atoms with Gasteiger partial charge in [-0.25, -0.2) is 4.98 Å². The Bertz CT molecular complexity index is 358. The lowest BCUT2D eigenvalue weighted by molar-refractivity contribution is 0.0340. The highest BCUT2D eigenvalue weighted by molar-refractivity contribution is 5.43. The summed E-state index contributed by atoms with van der Waals surface area (Å²) in [4.78, 5) is 10.8. The normalized spacial score (nSPS) is 25.6. The van der Waals surface area contributed by atoms with Gasteiger partial charge >= 0.3 is 0 Å². The van der Waals surface area contributed by atoms with Crippen molar-refractivity contribution < 1.29 is 4.74 Å². The van der Waals surface area contributed by atoms with E-state index in [-0.39, 0.29) is 6.10 Å². The van der Waals surface area contributed by atoms with Gasteiger partial charge in [-0.1, -0.05) is 0 Å². The number of aromatic nitrogens is 2. The SMILES string of the molecule is CNc1nccc(N2CC(C)OCC2C)n1. The first kappa shape index (κ1) is 11.1. The van der Waals surface area contributed by atoms with Crippen molar-refractivity contribution in [3.63, 3.8) is 0 Å². The smallest absolute Gasteiger partial charge is 0.224 e. The molecule has 0 aliphatic carbocycles. The van der Waals surface area contributed by atoms with Gasteiger partial charge in [-0.2, -0.15) is 4.98 Å². The van der Waals surface area contributed by atoms with Crippen LogP contribution in [0, 0.1) is 0 Å². The number of morpholine rings is 1. The minimum Gasteiger partial charge on any atom is -0.375 e. The molecule has 0 radical (unpaired) electrons. The van der Waals surface area contributed by atoms with Gasteiger partial charge in [0.05, 0.1) is 18.8 Å². The highest BCUT2D eigenvalue weighted by Crippen LogP contribution is 2.19. The topological polar surface area (TPSA) is 50.3 Å². The predicted octanol–water partition coefficient (Wildman–Crippen LogP) is 1.13. The summed E-state index contributed by atoms with van der Waals surface area (Å²) in [7, 11) is 1.82. The zero-order chi connectivity index (χ0) is 11.5. The molecule has 2 unspecified atom stereocenters. The van der Waals surface area contributed by atoms with Crippen LogP contribution in [-0.4, -0.2) is 42.3 Å². The van der Waals surface area contributed by atoms with E-state index in [2.05, 4.69) is 34.0 Å². The summed E-state index contributed by atoms with van der Waals surface area (Å²) < 4.78 is 5.60. The fourth-order valence-corrected chi connectivity index (χ4v) is 1.85. The van der Waals surface area contributed by atoms with Crippen LogP contribution in [0.5, 0.6) is 0 Å². The Morgan fingerprint density at radius 1 is 1.50 bits per heavy atom. The molecule has 2 atom stereocenters. The first-order valence-electron chi connectivity index (χ1n) is 5.59. The van der Waals surface area contributed by atoms with Crippen molar-refractivity contribution in [3.05, 3.63) is 12.3 Å². The molecule has 88 valence electrons. The van der Waals surface area contributed by atoms with Crippen LogP contribution in [0.3, 0.4) is 0 Å². The monoisotopic (exact) mass is 222 g/mol. The lowest BCUT2D eigenvalue weighted by Crippen LogP contribution is -2.47. The highest BCUT2D eigenvalue weighted by Gasteiger charge is 2.24. The summed E-state index contributed by atoms with van der Waals surface area (Å²) in [5.41, 5.74) is 0. The molecule has 16 heavy (non-hydrogen) atoms. The maximum absolute atomic E-state index is 5.60. The standard InChI is InChI=1S/C11H18N4O/c1-8-7-16-9(2)6-15(8)10-4-5-13-11(12-3)14-10/h4-5,8-9H,6-7H2,1-3H3,(H,12,13,14). The van der Waals surface area contributed by atoms with E-state index >= 15 is 0 Å². The van der Waals surface area contributed by atoms with Crippen molar-refractivity contribution in [1.29, 1.82) is 0 Å². The molecule has 0 amide bonds. The van der Waals surface area contributed by atoms with Crippen LogP contribution in [0.25, 0.3) is 0 Å². The third kappa shape index (κ3) is 2.24. The lowest BCUT2D eigenvalue weighted by Gasteiger charge is -2.37. The van der Waals surface area contributed by atoms with E-state index in [1.807, 2.05) is 13.1 Å². The fraction of sp³-hybridized carbons (Fsp3) is 0.636. The Kier molecular flexibility index (Phi) is 3.24. The second kappa shape index (κ2) is 4.65. The summed E-state index contributed by atoms with van der Waals surface area (Å²) in [6.45, 7) is 5.85. The Morgan fingerprint density at radius 3 is 3.06 bits per heavy atom. The molecule has 0 spiro atoms. The number of nitrogens with zero attached hydrogens (tertiary/aromatic N) is 3.